The first-order valence-electron chi connectivity index (χ1n) is 8.80. The lowest BCUT2D eigenvalue weighted by Gasteiger charge is -2.09. The summed E-state index contributed by atoms with van der Waals surface area (Å²) in [6, 6.07) is 14.4. The van der Waals surface area contributed by atoms with Gasteiger partial charge in [0, 0.05) is 35.6 Å². The van der Waals surface area contributed by atoms with E-state index in [1.165, 1.54) is 16.0 Å². The molecule has 0 fully saturated rings. The lowest BCUT2D eigenvalue weighted by Crippen LogP contribution is -2.12. The van der Waals surface area contributed by atoms with Gasteiger partial charge < -0.3 is 14.8 Å². The minimum atomic E-state index is 0.00937. The molecule has 0 radical (unpaired) electrons. The zero-order valence-electron chi connectivity index (χ0n) is 15.7. The molecule has 0 saturated carbocycles. The van der Waals surface area contributed by atoms with Gasteiger partial charge in [-0.1, -0.05) is 29.5 Å². The summed E-state index contributed by atoms with van der Waals surface area (Å²) >= 11 is 1.73. The molecule has 0 saturated heterocycles. The van der Waals surface area contributed by atoms with E-state index in [1.807, 2.05) is 24.3 Å². The van der Waals surface area contributed by atoms with E-state index in [0.717, 1.165) is 10.6 Å². The van der Waals surface area contributed by atoms with Gasteiger partial charge in [0.1, 0.15) is 0 Å². The Balaban J connectivity index is 1.77. The molecule has 2 rings (SSSR count). The van der Waals surface area contributed by atoms with Gasteiger partial charge in [-0.15, -0.1) is 0 Å². The molecule has 26 heavy (non-hydrogen) atoms. The Morgan fingerprint density at radius 1 is 1.04 bits per heavy atom. The average Bonchev–Trinajstić information content (AvgIpc) is 2.62. The third-order valence-electron chi connectivity index (χ3n) is 3.82. The van der Waals surface area contributed by atoms with Crippen LogP contribution in [-0.4, -0.2) is 32.8 Å². The Labute approximate surface area is 160 Å². The maximum Gasteiger partial charge on any atom is 0.224 e. The van der Waals surface area contributed by atoms with E-state index in [4.69, 9.17) is 9.47 Å². The van der Waals surface area contributed by atoms with Crippen molar-refractivity contribution in [1.29, 1.82) is 0 Å². The van der Waals surface area contributed by atoms with Crippen LogP contribution in [0.25, 0.3) is 0 Å². The molecular formula is C21H27NO3S. The van der Waals surface area contributed by atoms with Crippen LogP contribution in [0.1, 0.15) is 24.0 Å². The van der Waals surface area contributed by atoms with Gasteiger partial charge in [-0.2, -0.15) is 0 Å². The van der Waals surface area contributed by atoms with E-state index in [9.17, 15) is 4.79 Å². The molecule has 0 aliphatic rings. The van der Waals surface area contributed by atoms with Crippen molar-refractivity contribution < 1.29 is 14.3 Å². The Kier molecular flexibility index (Phi) is 8.68. The maximum atomic E-state index is 12.0. The molecule has 5 heteroatoms. The number of rotatable bonds is 10. The van der Waals surface area contributed by atoms with Crippen LogP contribution >= 0.6 is 11.8 Å². The standard InChI is InChI=1S/C21H27NO3S/c1-16-6-11-20(17(2)15-16)26-19-9-7-18(8-10-19)22-21(23)5-4-12-25-14-13-24-3/h6-11,15H,4-5,12-14H2,1-3H3,(H,22,23). The van der Waals surface area contributed by atoms with E-state index in [1.54, 1.807) is 18.9 Å². The molecule has 0 atom stereocenters. The first kappa shape index (κ1) is 20.5. The van der Waals surface area contributed by atoms with Crippen LogP contribution < -0.4 is 5.32 Å². The number of ether oxygens (including phenoxy) is 2. The SMILES string of the molecule is COCCOCCCC(=O)Nc1ccc(Sc2ccc(C)cc2C)cc1. The summed E-state index contributed by atoms with van der Waals surface area (Å²) in [5.41, 5.74) is 3.37. The summed E-state index contributed by atoms with van der Waals surface area (Å²) < 4.78 is 10.3. The molecular weight excluding hydrogens is 346 g/mol. The maximum absolute atomic E-state index is 12.0. The zero-order valence-corrected chi connectivity index (χ0v) is 16.5. The molecule has 0 bridgehead atoms. The van der Waals surface area contributed by atoms with Crippen molar-refractivity contribution in [2.24, 2.45) is 0 Å². The van der Waals surface area contributed by atoms with E-state index in [0.29, 0.717) is 32.7 Å². The molecule has 0 aliphatic carbocycles. The fourth-order valence-electron chi connectivity index (χ4n) is 2.45. The predicted molar refractivity (Wildman–Crippen MR) is 107 cm³/mol. The van der Waals surface area contributed by atoms with E-state index in [2.05, 4.69) is 37.4 Å². The molecule has 0 aromatic heterocycles. The number of methoxy groups -OCH3 is 1. The largest absolute Gasteiger partial charge is 0.382 e. The van der Waals surface area contributed by atoms with Gasteiger partial charge >= 0.3 is 0 Å². The normalized spacial score (nSPS) is 10.7. The molecule has 0 spiro atoms. The monoisotopic (exact) mass is 373 g/mol. The first-order chi connectivity index (χ1) is 12.6. The zero-order chi connectivity index (χ0) is 18.8. The van der Waals surface area contributed by atoms with E-state index < -0.39 is 0 Å². The second-order valence-electron chi connectivity index (χ2n) is 6.15. The number of nitrogens with one attached hydrogen (secondary N) is 1. The number of amides is 1. The average molecular weight is 374 g/mol. The van der Waals surface area contributed by atoms with Crippen molar-refractivity contribution in [3.63, 3.8) is 0 Å². The van der Waals surface area contributed by atoms with E-state index in [-0.39, 0.29) is 5.91 Å². The predicted octanol–water partition coefficient (Wildman–Crippen LogP) is 4.84. The molecule has 1 N–H and O–H groups in total. The summed E-state index contributed by atoms with van der Waals surface area (Å²) in [5, 5.41) is 2.93. The number of carbonyl (C=O) groups excluding carboxylic acids is 1. The smallest absolute Gasteiger partial charge is 0.224 e. The molecule has 1 amide bonds. The van der Waals surface area contributed by atoms with Crippen LogP contribution in [0.15, 0.2) is 52.3 Å². The van der Waals surface area contributed by atoms with Gasteiger partial charge in [0.05, 0.1) is 13.2 Å². The third kappa shape index (κ3) is 7.20. The highest BCUT2D eigenvalue weighted by Gasteiger charge is 2.05. The number of benzene rings is 2. The van der Waals surface area contributed by atoms with Crippen LogP contribution in [0.3, 0.4) is 0 Å². The Hall–Kier alpha value is -1.82. The Morgan fingerprint density at radius 3 is 2.50 bits per heavy atom. The van der Waals surface area contributed by atoms with Crippen molar-refractivity contribution in [3.05, 3.63) is 53.6 Å². The first-order valence-corrected chi connectivity index (χ1v) is 9.62. The van der Waals surface area contributed by atoms with Gasteiger partial charge in [-0.3, -0.25) is 4.79 Å². The summed E-state index contributed by atoms with van der Waals surface area (Å²) in [6.07, 6.45) is 1.15. The molecule has 140 valence electrons. The molecule has 2 aromatic carbocycles. The van der Waals surface area contributed by atoms with Crippen molar-refractivity contribution in [3.8, 4) is 0 Å². The second-order valence-corrected chi connectivity index (χ2v) is 7.27. The molecule has 0 aliphatic heterocycles. The quantitative estimate of drug-likeness (QED) is 0.606. The summed E-state index contributed by atoms with van der Waals surface area (Å²) in [6.45, 7) is 5.95. The Morgan fingerprint density at radius 2 is 1.81 bits per heavy atom. The molecule has 2 aromatic rings. The van der Waals surface area contributed by atoms with Gasteiger partial charge in [0.25, 0.3) is 0 Å². The number of aryl methyl sites for hydroxylation is 2. The van der Waals surface area contributed by atoms with Crippen molar-refractivity contribution in [2.45, 2.75) is 36.5 Å². The van der Waals surface area contributed by atoms with Gasteiger partial charge in [-0.05, 0) is 56.2 Å². The van der Waals surface area contributed by atoms with Crippen LogP contribution in [0.2, 0.25) is 0 Å². The van der Waals surface area contributed by atoms with Crippen LogP contribution in [0, 0.1) is 13.8 Å². The molecule has 4 nitrogen and oxygen atoms in total. The third-order valence-corrected chi connectivity index (χ3v) is 5.01. The van der Waals surface area contributed by atoms with Crippen LogP contribution in [0.5, 0.6) is 0 Å². The van der Waals surface area contributed by atoms with Crippen LogP contribution in [0.4, 0.5) is 5.69 Å². The van der Waals surface area contributed by atoms with Crippen molar-refractivity contribution >= 4 is 23.4 Å². The number of hydrogen-bond acceptors (Lipinski definition) is 4. The summed E-state index contributed by atoms with van der Waals surface area (Å²) in [7, 11) is 1.64. The van der Waals surface area contributed by atoms with Crippen molar-refractivity contribution in [2.75, 3.05) is 32.2 Å². The van der Waals surface area contributed by atoms with Gasteiger partial charge in [0.2, 0.25) is 5.91 Å². The minimum absolute atomic E-state index is 0.00937. The second kappa shape index (κ2) is 11.0. The summed E-state index contributed by atoms with van der Waals surface area (Å²) in [4.78, 5) is 14.4. The fraction of sp³-hybridized carbons (Fsp3) is 0.381. The van der Waals surface area contributed by atoms with Gasteiger partial charge in [0.15, 0.2) is 0 Å². The highest BCUT2D eigenvalue weighted by Crippen LogP contribution is 2.31. The van der Waals surface area contributed by atoms with Gasteiger partial charge in [-0.25, -0.2) is 0 Å². The summed E-state index contributed by atoms with van der Waals surface area (Å²) in [5.74, 6) is 0.00937. The van der Waals surface area contributed by atoms with Crippen LogP contribution in [-0.2, 0) is 14.3 Å². The lowest BCUT2D eigenvalue weighted by atomic mass is 10.2. The fourth-order valence-corrected chi connectivity index (χ4v) is 3.33. The number of hydrogen-bond donors (Lipinski definition) is 1. The van der Waals surface area contributed by atoms with E-state index >= 15 is 0 Å². The highest BCUT2D eigenvalue weighted by atomic mass is 32.2. The lowest BCUT2D eigenvalue weighted by molar-refractivity contribution is -0.116. The minimum Gasteiger partial charge on any atom is -0.382 e. The highest BCUT2D eigenvalue weighted by molar-refractivity contribution is 7.99. The topological polar surface area (TPSA) is 47.6 Å². The number of carbonyl (C=O) groups is 1. The Bertz CT molecular complexity index is 701. The molecule has 0 unspecified atom stereocenters. The molecule has 0 heterocycles. The van der Waals surface area contributed by atoms with Crippen molar-refractivity contribution in [1.82, 2.24) is 0 Å². The number of anilines is 1.